The summed E-state index contributed by atoms with van der Waals surface area (Å²) in [7, 11) is 3.79. The van der Waals surface area contributed by atoms with Crippen LogP contribution in [0.5, 0.6) is 0 Å². The third-order valence-electron chi connectivity index (χ3n) is 2.39. The lowest BCUT2D eigenvalue weighted by Crippen LogP contribution is -2.39. The summed E-state index contributed by atoms with van der Waals surface area (Å²) >= 11 is 0. The number of nitrogens with one attached hydrogen (secondary N) is 1. The third-order valence-corrected chi connectivity index (χ3v) is 2.39. The van der Waals surface area contributed by atoms with Gasteiger partial charge in [0.2, 0.25) is 5.89 Å². The van der Waals surface area contributed by atoms with Gasteiger partial charge in [0.05, 0.1) is 6.54 Å². The predicted octanol–water partition coefficient (Wildman–Crippen LogP) is 1.80. The minimum Gasteiger partial charge on any atom is -0.349 e. The average Bonchev–Trinajstić information content (AvgIpc) is 2.73. The average molecular weight is 367 g/mol. The highest BCUT2D eigenvalue weighted by Crippen LogP contribution is 1.96. The molecule has 1 rings (SSSR count). The van der Waals surface area contributed by atoms with Crippen molar-refractivity contribution in [3.05, 3.63) is 11.7 Å². The molecular weight excluding hydrogens is 345 g/mol. The van der Waals surface area contributed by atoms with Crippen LogP contribution in [-0.2, 0) is 6.54 Å². The minimum atomic E-state index is 0. The number of halogens is 1. The summed E-state index contributed by atoms with van der Waals surface area (Å²) in [6.45, 7) is 5.47. The first kappa shape index (κ1) is 17.1. The Bertz CT molecular complexity index is 366. The first-order chi connectivity index (χ1) is 8.17. The highest BCUT2D eigenvalue weighted by molar-refractivity contribution is 14.0. The second-order valence-electron chi connectivity index (χ2n) is 3.91. The molecule has 0 saturated carbocycles. The molecule has 0 spiro atoms. The minimum absolute atomic E-state index is 0. The van der Waals surface area contributed by atoms with Crippen molar-refractivity contribution in [2.75, 3.05) is 20.6 Å². The van der Waals surface area contributed by atoms with E-state index in [1.54, 1.807) is 14.0 Å². The summed E-state index contributed by atoms with van der Waals surface area (Å²) in [6.07, 6.45) is 2.32. The molecule has 0 amide bonds. The topological polar surface area (TPSA) is 66.5 Å². The Labute approximate surface area is 125 Å². The fourth-order valence-corrected chi connectivity index (χ4v) is 1.46. The zero-order valence-electron chi connectivity index (χ0n) is 11.4. The van der Waals surface area contributed by atoms with Crippen molar-refractivity contribution in [1.82, 2.24) is 20.4 Å². The summed E-state index contributed by atoms with van der Waals surface area (Å²) in [5, 5.41) is 7.02. The summed E-state index contributed by atoms with van der Waals surface area (Å²) in [5.41, 5.74) is 0. The second-order valence-corrected chi connectivity index (χ2v) is 3.91. The number of nitrogens with zero attached hydrogens (tertiary/aromatic N) is 4. The Morgan fingerprint density at radius 1 is 1.50 bits per heavy atom. The molecule has 1 heterocycles. The Kier molecular flexibility index (Phi) is 8.69. The van der Waals surface area contributed by atoms with Gasteiger partial charge < -0.3 is 14.7 Å². The van der Waals surface area contributed by atoms with E-state index >= 15 is 0 Å². The lowest BCUT2D eigenvalue weighted by Gasteiger charge is -2.21. The highest BCUT2D eigenvalue weighted by atomic mass is 127. The van der Waals surface area contributed by atoms with Crippen LogP contribution in [0.15, 0.2) is 9.52 Å². The van der Waals surface area contributed by atoms with E-state index in [4.69, 9.17) is 4.52 Å². The van der Waals surface area contributed by atoms with E-state index in [9.17, 15) is 0 Å². The Balaban J connectivity index is 0.00000289. The van der Waals surface area contributed by atoms with E-state index in [0.29, 0.717) is 18.3 Å². The first-order valence-electron chi connectivity index (χ1n) is 5.88. The molecule has 0 aliphatic rings. The molecule has 1 N–H and O–H groups in total. The van der Waals surface area contributed by atoms with Gasteiger partial charge in [0.15, 0.2) is 11.8 Å². The van der Waals surface area contributed by atoms with Crippen molar-refractivity contribution in [1.29, 1.82) is 0 Å². The van der Waals surface area contributed by atoms with Gasteiger partial charge in [-0.15, -0.1) is 24.0 Å². The zero-order chi connectivity index (χ0) is 12.7. The van der Waals surface area contributed by atoms with Crippen LogP contribution >= 0.6 is 24.0 Å². The van der Waals surface area contributed by atoms with Gasteiger partial charge in [0.1, 0.15) is 0 Å². The number of rotatable bonds is 5. The Morgan fingerprint density at radius 3 is 2.72 bits per heavy atom. The molecule has 0 aromatic carbocycles. The first-order valence-corrected chi connectivity index (χ1v) is 5.88. The number of unbranched alkanes of at least 4 members (excludes halogenated alkanes) is 1. The van der Waals surface area contributed by atoms with Crippen LogP contribution in [0.3, 0.4) is 0 Å². The molecule has 0 atom stereocenters. The van der Waals surface area contributed by atoms with Crippen molar-refractivity contribution in [3.63, 3.8) is 0 Å². The molecule has 0 radical (unpaired) electrons. The normalized spacial score (nSPS) is 11.0. The summed E-state index contributed by atoms with van der Waals surface area (Å²) in [4.78, 5) is 10.4. The maximum absolute atomic E-state index is 4.90. The summed E-state index contributed by atoms with van der Waals surface area (Å²) in [6, 6.07) is 0. The number of hydrogen-bond donors (Lipinski definition) is 1. The van der Waals surface area contributed by atoms with Crippen LogP contribution in [0.4, 0.5) is 0 Å². The second kappa shape index (κ2) is 9.12. The molecule has 0 bridgehead atoms. The fourth-order valence-electron chi connectivity index (χ4n) is 1.46. The molecule has 1 aromatic rings. The van der Waals surface area contributed by atoms with Crippen molar-refractivity contribution in [2.24, 2.45) is 4.99 Å². The zero-order valence-corrected chi connectivity index (χ0v) is 13.8. The lowest BCUT2D eigenvalue weighted by atomic mass is 10.3. The van der Waals surface area contributed by atoms with Crippen molar-refractivity contribution in [2.45, 2.75) is 33.2 Å². The van der Waals surface area contributed by atoms with Crippen LogP contribution in [0.25, 0.3) is 0 Å². The van der Waals surface area contributed by atoms with Gasteiger partial charge in [-0.25, -0.2) is 0 Å². The van der Waals surface area contributed by atoms with Gasteiger partial charge in [-0.1, -0.05) is 18.5 Å². The van der Waals surface area contributed by atoms with E-state index in [0.717, 1.165) is 18.9 Å². The van der Waals surface area contributed by atoms with E-state index in [-0.39, 0.29) is 24.0 Å². The number of aryl methyl sites for hydroxylation is 1. The van der Waals surface area contributed by atoms with Gasteiger partial charge in [0.25, 0.3) is 0 Å². The molecule has 1 aromatic heterocycles. The fraction of sp³-hybridized carbons (Fsp3) is 0.727. The molecular formula is C11H22IN5O. The molecule has 18 heavy (non-hydrogen) atoms. The van der Waals surface area contributed by atoms with E-state index < -0.39 is 0 Å². The lowest BCUT2D eigenvalue weighted by molar-refractivity contribution is 0.386. The summed E-state index contributed by atoms with van der Waals surface area (Å²) < 4.78 is 4.90. The third kappa shape index (κ3) is 5.65. The van der Waals surface area contributed by atoms with E-state index in [1.165, 1.54) is 6.42 Å². The smallest absolute Gasteiger partial charge is 0.223 e. The predicted molar refractivity (Wildman–Crippen MR) is 82.2 cm³/mol. The Hall–Kier alpha value is -0.860. The van der Waals surface area contributed by atoms with Gasteiger partial charge >= 0.3 is 0 Å². The largest absolute Gasteiger partial charge is 0.349 e. The number of aliphatic imine (C=N–C) groups is 1. The van der Waals surface area contributed by atoms with E-state index in [2.05, 4.69) is 32.3 Å². The monoisotopic (exact) mass is 367 g/mol. The van der Waals surface area contributed by atoms with Gasteiger partial charge in [-0.3, -0.25) is 4.99 Å². The maximum atomic E-state index is 4.90. The molecule has 0 saturated heterocycles. The standard InChI is InChI=1S/C11H21N5O.HI/c1-5-6-7-16(4)11(12-3)13-8-10-14-9(2)17-15-10;/h5-8H2,1-4H3,(H,12,13);1H. The molecule has 0 aliphatic carbocycles. The quantitative estimate of drug-likeness (QED) is 0.489. The molecule has 6 nitrogen and oxygen atoms in total. The van der Waals surface area contributed by atoms with Crippen LogP contribution in [0.1, 0.15) is 31.5 Å². The Morgan fingerprint density at radius 2 is 2.22 bits per heavy atom. The molecule has 0 aliphatic heterocycles. The molecule has 0 unspecified atom stereocenters. The number of hydrogen-bond acceptors (Lipinski definition) is 4. The van der Waals surface area contributed by atoms with Crippen LogP contribution < -0.4 is 5.32 Å². The van der Waals surface area contributed by atoms with Crippen LogP contribution in [0.2, 0.25) is 0 Å². The molecule has 7 heteroatoms. The van der Waals surface area contributed by atoms with E-state index in [1.807, 2.05) is 7.05 Å². The van der Waals surface area contributed by atoms with Crippen LogP contribution in [-0.4, -0.2) is 41.6 Å². The van der Waals surface area contributed by atoms with Crippen molar-refractivity contribution >= 4 is 29.9 Å². The van der Waals surface area contributed by atoms with Crippen molar-refractivity contribution in [3.8, 4) is 0 Å². The number of guanidine groups is 1. The summed E-state index contributed by atoms with van der Waals surface area (Å²) in [5.74, 6) is 2.07. The highest BCUT2D eigenvalue weighted by Gasteiger charge is 2.07. The van der Waals surface area contributed by atoms with Gasteiger partial charge in [-0.2, -0.15) is 4.98 Å². The molecule has 0 fully saturated rings. The van der Waals surface area contributed by atoms with Crippen molar-refractivity contribution < 1.29 is 4.52 Å². The maximum Gasteiger partial charge on any atom is 0.223 e. The number of aromatic nitrogens is 2. The molecule has 104 valence electrons. The SMILES string of the molecule is CCCCN(C)C(=NC)NCc1noc(C)n1.I. The van der Waals surface area contributed by atoms with Crippen LogP contribution in [0, 0.1) is 6.92 Å². The van der Waals surface area contributed by atoms with Gasteiger partial charge in [-0.05, 0) is 6.42 Å². The van der Waals surface area contributed by atoms with Gasteiger partial charge in [0, 0.05) is 27.6 Å².